The Kier molecular flexibility index (Phi) is 3.97. The van der Waals surface area contributed by atoms with Crippen LogP contribution in [0.1, 0.15) is 52.4 Å². The highest BCUT2D eigenvalue weighted by atomic mass is 19.1. The molecule has 0 radical (unpaired) electrons. The number of hydrogen-bond acceptors (Lipinski definition) is 4. The van der Waals surface area contributed by atoms with Gasteiger partial charge in [-0.3, -0.25) is 4.79 Å². The van der Waals surface area contributed by atoms with Gasteiger partial charge >= 0.3 is 0 Å². The molecule has 5 rings (SSSR count). The minimum atomic E-state index is -1.40. The van der Waals surface area contributed by atoms with Crippen LogP contribution in [0.15, 0.2) is 43.0 Å². The van der Waals surface area contributed by atoms with E-state index in [2.05, 4.69) is 15.1 Å². The van der Waals surface area contributed by atoms with E-state index in [1.807, 2.05) is 35.8 Å². The number of rotatable bonds is 3. The standard InChI is InChI=1S/C20H20FN7O/c1-12-3-4-14-9-16(25-27(14)10-12)19-18-15(22-11-23-18)6-8-26(19)20(29)17-5-7-24-28(17)13(2)21/h3-5,7,9-11,13,19H,6,8H2,1-2H3,(H,22,23)/t13?,19-/m1/s1. The molecule has 1 aliphatic heterocycles. The lowest BCUT2D eigenvalue weighted by atomic mass is 9.99. The predicted molar refractivity (Wildman–Crippen MR) is 103 cm³/mol. The highest BCUT2D eigenvalue weighted by Gasteiger charge is 2.37. The van der Waals surface area contributed by atoms with Crippen molar-refractivity contribution < 1.29 is 9.18 Å². The van der Waals surface area contributed by atoms with E-state index in [-0.39, 0.29) is 11.6 Å². The molecule has 5 heterocycles. The van der Waals surface area contributed by atoms with Crippen molar-refractivity contribution in [3.05, 3.63) is 71.3 Å². The Morgan fingerprint density at radius 2 is 2.21 bits per heavy atom. The second kappa shape index (κ2) is 6.54. The third-order valence-electron chi connectivity index (χ3n) is 5.32. The number of fused-ring (bicyclic) bond motifs is 2. The van der Waals surface area contributed by atoms with Crippen LogP contribution in [0.2, 0.25) is 0 Å². The fraction of sp³-hybridized carbons (Fsp3) is 0.300. The molecule has 9 heteroatoms. The van der Waals surface area contributed by atoms with Crippen LogP contribution in [-0.2, 0) is 6.42 Å². The molecule has 1 aliphatic rings. The van der Waals surface area contributed by atoms with E-state index < -0.39 is 12.3 Å². The van der Waals surface area contributed by atoms with E-state index in [9.17, 15) is 9.18 Å². The van der Waals surface area contributed by atoms with Crippen LogP contribution in [0.4, 0.5) is 4.39 Å². The Balaban J connectivity index is 1.62. The molecule has 148 valence electrons. The van der Waals surface area contributed by atoms with Gasteiger partial charge in [0.25, 0.3) is 5.91 Å². The van der Waals surface area contributed by atoms with Gasteiger partial charge in [-0.1, -0.05) is 6.07 Å². The second-order valence-electron chi connectivity index (χ2n) is 7.30. The number of pyridine rings is 1. The molecule has 0 spiro atoms. The Labute approximate surface area is 166 Å². The van der Waals surface area contributed by atoms with Crippen molar-refractivity contribution in [3.63, 3.8) is 0 Å². The monoisotopic (exact) mass is 393 g/mol. The molecule has 4 aromatic rings. The highest BCUT2D eigenvalue weighted by Crippen LogP contribution is 2.34. The quantitative estimate of drug-likeness (QED) is 0.580. The van der Waals surface area contributed by atoms with Gasteiger partial charge in [0.05, 0.1) is 23.2 Å². The van der Waals surface area contributed by atoms with E-state index in [4.69, 9.17) is 5.10 Å². The number of aromatic nitrogens is 6. The number of aryl methyl sites for hydroxylation is 1. The van der Waals surface area contributed by atoms with Crippen LogP contribution in [-0.4, -0.2) is 46.7 Å². The Morgan fingerprint density at radius 1 is 1.34 bits per heavy atom. The normalized spacial score (nSPS) is 17.5. The first kappa shape index (κ1) is 17.6. The van der Waals surface area contributed by atoms with E-state index >= 15 is 0 Å². The first-order valence-electron chi connectivity index (χ1n) is 9.49. The summed E-state index contributed by atoms with van der Waals surface area (Å²) in [4.78, 5) is 22.7. The van der Waals surface area contributed by atoms with Gasteiger partial charge in [-0.2, -0.15) is 10.2 Å². The van der Waals surface area contributed by atoms with Gasteiger partial charge in [0.15, 0.2) is 6.30 Å². The van der Waals surface area contributed by atoms with Crippen molar-refractivity contribution in [1.82, 2.24) is 34.3 Å². The van der Waals surface area contributed by atoms with Crippen LogP contribution >= 0.6 is 0 Å². The van der Waals surface area contributed by atoms with Gasteiger partial charge in [0.2, 0.25) is 0 Å². The topological polar surface area (TPSA) is 84.1 Å². The molecule has 0 saturated heterocycles. The lowest BCUT2D eigenvalue weighted by Crippen LogP contribution is -2.41. The number of amides is 1. The zero-order valence-electron chi connectivity index (χ0n) is 16.1. The van der Waals surface area contributed by atoms with Gasteiger partial charge < -0.3 is 9.88 Å². The lowest BCUT2D eigenvalue weighted by molar-refractivity contribution is 0.0662. The summed E-state index contributed by atoms with van der Waals surface area (Å²) in [6.07, 6.45) is 4.27. The molecule has 0 bridgehead atoms. The molecule has 1 unspecified atom stereocenters. The zero-order valence-corrected chi connectivity index (χ0v) is 16.1. The van der Waals surface area contributed by atoms with Crippen molar-refractivity contribution in [3.8, 4) is 0 Å². The zero-order chi connectivity index (χ0) is 20.1. The van der Waals surface area contributed by atoms with E-state index in [1.54, 1.807) is 17.3 Å². The molecular weight excluding hydrogens is 373 g/mol. The van der Waals surface area contributed by atoms with Crippen molar-refractivity contribution in [2.75, 3.05) is 6.54 Å². The molecule has 0 saturated carbocycles. The SMILES string of the molecule is Cc1ccc2cc([C@@H]3c4nc[nH]c4CCN3C(=O)c3ccnn3C(C)F)nn2c1. The van der Waals surface area contributed by atoms with Crippen LogP contribution < -0.4 is 0 Å². The molecule has 0 fully saturated rings. The largest absolute Gasteiger partial charge is 0.348 e. The Morgan fingerprint density at radius 3 is 3.03 bits per heavy atom. The summed E-state index contributed by atoms with van der Waals surface area (Å²) in [7, 11) is 0. The first-order chi connectivity index (χ1) is 14.0. The first-order valence-corrected chi connectivity index (χ1v) is 9.49. The number of alkyl halides is 1. The summed E-state index contributed by atoms with van der Waals surface area (Å²) >= 11 is 0. The Bertz CT molecular complexity index is 1200. The van der Waals surface area contributed by atoms with Gasteiger partial charge in [0, 0.05) is 31.1 Å². The lowest BCUT2D eigenvalue weighted by Gasteiger charge is -2.34. The van der Waals surface area contributed by atoms with E-state index in [1.165, 1.54) is 13.1 Å². The minimum absolute atomic E-state index is 0.212. The minimum Gasteiger partial charge on any atom is -0.348 e. The van der Waals surface area contributed by atoms with Crippen molar-refractivity contribution in [1.29, 1.82) is 0 Å². The van der Waals surface area contributed by atoms with Crippen LogP contribution in [0.3, 0.4) is 0 Å². The third kappa shape index (κ3) is 2.81. The average molecular weight is 393 g/mol. The molecule has 0 aromatic carbocycles. The summed E-state index contributed by atoms with van der Waals surface area (Å²) < 4.78 is 16.9. The van der Waals surface area contributed by atoms with Crippen LogP contribution in [0.25, 0.3) is 5.52 Å². The number of carbonyl (C=O) groups is 1. The average Bonchev–Trinajstić information content (AvgIpc) is 3.43. The number of halogens is 1. The molecule has 1 amide bonds. The number of imidazole rings is 1. The fourth-order valence-electron chi connectivity index (χ4n) is 3.95. The highest BCUT2D eigenvalue weighted by molar-refractivity contribution is 5.93. The molecule has 8 nitrogen and oxygen atoms in total. The number of carbonyl (C=O) groups excluding carboxylic acids is 1. The van der Waals surface area contributed by atoms with Gasteiger partial charge in [-0.25, -0.2) is 18.6 Å². The maximum absolute atomic E-state index is 13.9. The molecule has 4 aromatic heterocycles. The van der Waals surface area contributed by atoms with E-state index in [0.717, 1.165) is 32.8 Å². The predicted octanol–water partition coefficient (Wildman–Crippen LogP) is 2.84. The summed E-state index contributed by atoms with van der Waals surface area (Å²) in [5.41, 5.74) is 4.71. The summed E-state index contributed by atoms with van der Waals surface area (Å²) in [5.74, 6) is -0.293. The number of H-pyrrole nitrogens is 1. The number of nitrogens with zero attached hydrogens (tertiary/aromatic N) is 6. The van der Waals surface area contributed by atoms with Crippen molar-refractivity contribution in [2.45, 2.75) is 32.6 Å². The summed E-state index contributed by atoms with van der Waals surface area (Å²) in [6, 6.07) is 7.06. The third-order valence-corrected chi connectivity index (χ3v) is 5.32. The molecule has 29 heavy (non-hydrogen) atoms. The smallest absolute Gasteiger partial charge is 0.273 e. The van der Waals surface area contributed by atoms with Crippen molar-refractivity contribution in [2.24, 2.45) is 0 Å². The van der Waals surface area contributed by atoms with Crippen molar-refractivity contribution >= 4 is 11.4 Å². The molecule has 0 aliphatic carbocycles. The Hall–Kier alpha value is -3.49. The van der Waals surface area contributed by atoms with E-state index in [0.29, 0.717) is 13.0 Å². The number of aromatic amines is 1. The maximum atomic E-state index is 13.9. The summed E-state index contributed by atoms with van der Waals surface area (Å²) in [6.45, 7) is 3.83. The number of nitrogens with one attached hydrogen (secondary N) is 1. The van der Waals surface area contributed by atoms with Crippen LogP contribution in [0.5, 0.6) is 0 Å². The summed E-state index contributed by atoms with van der Waals surface area (Å²) in [5, 5.41) is 8.68. The second-order valence-corrected chi connectivity index (χ2v) is 7.30. The van der Waals surface area contributed by atoms with Gasteiger partial charge in [-0.05, 0) is 37.6 Å². The van der Waals surface area contributed by atoms with Crippen LogP contribution in [0, 0.1) is 6.92 Å². The molecule has 2 atom stereocenters. The molecule has 1 N–H and O–H groups in total. The fourth-order valence-corrected chi connectivity index (χ4v) is 3.95. The number of hydrogen-bond donors (Lipinski definition) is 1. The van der Waals surface area contributed by atoms with Gasteiger partial charge in [0.1, 0.15) is 11.7 Å². The molecular formula is C20H20FN7O. The van der Waals surface area contributed by atoms with Gasteiger partial charge in [-0.15, -0.1) is 0 Å². The maximum Gasteiger partial charge on any atom is 0.273 e.